The van der Waals surface area contributed by atoms with Crippen LogP contribution in [0, 0.1) is 5.41 Å². The van der Waals surface area contributed by atoms with Crippen LogP contribution in [0.2, 0.25) is 5.02 Å². The van der Waals surface area contributed by atoms with Gasteiger partial charge in [0.25, 0.3) is 0 Å². The van der Waals surface area contributed by atoms with Gasteiger partial charge >= 0.3 is 11.9 Å². The second kappa shape index (κ2) is 10.3. The zero-order valence-electron chi connectivity index (χ0n) is 21.9. The van der Waals surface area contributed by atoms with Gasteiger partial charge in [-0.1, -0.05) is 23.7 Å². The molecular weight excluding hydrogens is 547 g/mol. The highest BCUT2D eigenvalue weighted by Crippen LogP contribution is 2.53. The number of ether oxygens (including phenoxy) is 3. The van der Waals surface area contributed by atoms with Crippen molar-refractivity contribution in [2.24, 2.45) is 5.41 Å². The van der Waals surface area contributed by atoms with Gasteiger partial charge in [-0.05, 0) is 67.0 Å². The van der Waals surface area contributed by atoms with E-state index in [1.807, 2.05) is 18.2 Å². The third-order valence-corrected chi connectivity index (χ3v) is 8.67. The molecule has 1 saturated carbocycles. The van der Waals surface area contributed by atoms with Gasteiger partial charge in [0.2, 0.25) is 5.88 Å². The molecule has 3 aromatic rings. The van der Waals surface area contributed by atoms with Crippen LogP contribution >= 0.6 is 11.6 Å². The maximum Gasteiger partial charge on any atom is 0.417 e. The topological polar surface area (TPSA) is 65.8 Å². The molecule has 0 amide bonds. The van der Waals surface area contributed by atoms with Crippen LogP contribution in [0.1, 0.15) is 36.8 Å². The molecule has 11 heteroatoms. The summed E-state index contributed by atoms with van der Waals surface area (Å²) in [5.74, 6) is 1.61. The smallest absolute Gasteiger partial charge is 0.417 e. The van der Waals surface area contributed by atoms with Crippen molar-refractivity contribution in [1.29, 1.82) is 0 Å². The minimum absolute atomic E-state index is 0.0414. The summed E-state index contributed by atoms with van der Waals surface area (Å²) in [6.07, 6.45) is 0.691. The Bertz CT molecular complexity index is 1450. The van der Waals surface area contributed by atoms with Gasteiger partial charge in [0.05, 0.1) is 23.3 Å². The van der Waals surface area contributed by atoms with Crippen LogP contribution in [0.25, 0.3) is 0 Å². The van der Waals surface area contributed by atoms with E-state index in [9.17, 15) is 18.0 Å². The van der Waals surface area contributed by atoms with Gasteiger partial charge < -0.3 is 19.1 Å². The van der Waals surface area contributed by atoms with E-state index in [0.29, 0.717) is 48.8 Å². The van der Waals surface area contributed by atoms with E-state index in [1.54, 1.807) is 23.8 Å². The Hall–Kier alpha value is -3.24. The van der Waals surface area contributed by atoms with E-state index >= 15 is 0 Å². The summed E-state index contributed by atoms with van der Waals surface area (Å²) in [7, 11) is 1.77. The summed E-state index contributed by atoms with van der Waals surface area (Å²) in [6, 6.07) is 12.6. The fourth-order valence-electron chi connectivity index (χ4n) is 6.25. The lowest BCUT2D eigenvalue weighted by Crippen LogP contribution is -2.53. The fraction of sp³-hybridized carbons (Fsp3) is 0.448. The first-order valence-corrected chi connectivity index (χ1v) is 13.7. The molecule has 0 radical (unpaired) electrons. The Morgan fingerprint density at radius 3 is 2.55 bits per heavy atom. The molecular formula is C29H29ClF3N3O4. The van der Waals surface area contributed by atoms with E-state index in [0.717, 1.165) is 55.7 Å². The van der Waals surface area contributed by atoms with Crippen molar-refractivity contribution < 1.29 is 27.4 Å². The minimum Gasteiger partial charge on any atom is -0.477 e. The average molecular weight is 576 g/mol. The van der Waals surface area contributed by atoms with Gasteiger partial charge in [-0.25, -0.2) is 4.79 Å². The quantitative estimate of drug-likeness (QED) is 0.339. The lowest BCUT2D eigenvalue weighted by Gasteiger charge is -2.53. The second-order valence-corrected chi connectivity index (χ2v) is 11.3. The predicted octanol–water partition coefficient (Wildman–Crippen LogP) is 6.11. The number of fused-ring (bicyclic) bond motifs is 3. The average Bonchev–Trinajstić information content (AvgIpc) is 3.27. The number of rotatable bonds is 7. The standard InChI is InChI=1S/C29H29ClF3N3O4/c1-38-22-15-28(16-22)9-10-35-19(14-28)17-36-26(35)13-25(34-27(36)37)39-11-8-18-2-4-20(5-3-18)40-21-6-7-24(30)23(12-21)29(31,32)33/h2-7,12-13,19,22H,8-11,14-17H2,1H3. The SMILES string of the molecule is COC1CC2(CCN3c4cc(OCCc5ccc(Oc6ccc(Cl)c(C(F)(F)F)c6)cc5)nc(=O)n4CC3C2)C1. The molecule has 1 saturated heterocycles. The van der Waals surface area contributed by atoms with Crippen molar-refractivity contribution in [2.45, 2.75) is 57.0 Å². The summed E-state index contributed by atoms with van der Waals surface area (Å²) in [5.41, 5.74) is 0.0330. The zero-order chi connectivity index (χ0) is 28.1. The van der Waals surface area contributed by atoms with Crippen LogP contribution in [0.3, 0.4) is 0 Å². The van der Waals surface area contributed by atoms with Crippen molar-refractivity contribution in [1.82, 2.24) is 9.55 Å². The second-order valence-electron chi connectivity index (χ2n) is 10.9. The summed E-state index contributed by atoms with van der Waals surface area (Å²) in [5, 5.41) is -0.380. The highest BCUT2D eigenvalue weighted by atomic mass is 35.5. The van der Waals surface area contributed by atoms with Crippen molar-refractivity contribution in [3.63, 3.8) is 0 Å². The predicted molar refractivity (Wildman–Crippen MR) is 143 cm³/mol. The van der Waals surface area contributed by atoms with Crippen molar-refractivity contribution in [3.05, 3.63) is 75.2 Å². The molecule has 40 heavy (non-hydrogen) atoms. The van der Waals surface area contributed by atoms with Gasteiger partial charge in [-0.15, -0.1) is 0 Å². The first kappa shape index (κ1) is 27.0. The van der Waals surface area contributed by atoms with Gasteiger partial charge in [0, 0.05) is 38.7 Å². The molecule has 3 heterocycles. The molecule has 7 nitrogen and oxygen atoms in total. The monoisotopic (exact) mass is 575 g/mol. The molecule has 1 unspecified atom stereocenters. The molecule has 0 bridgehead atoms. The van der Waals surface area contributed by atoms with Gasteiger partial charge in [-0.3, -0.25) is 4.57 Å². The van der Waals surface area contributed by atoms with Crippen LogP contribution in [-0.4, -0.2) is 42.0 Å². The van der Waals surface area contributed by atoms with Crippen LogP contribution in [0.5, 0.6) is 17.4 Å². The molecule has 212 valence electrons. The number of aromatic nitrogens is 2. The van der Waals surface area contributed by atoms with Crippen LogP contribution in [-0.2, 0) is 23.9 Å². The first-order valence-electron chi connectivity index (χ1n) is 13.3. The Morgan fingerprint density at radius 1 is 1.07 bits per heavy atom. The minimum atomic E-state index is -4.57. The molecule has 2 aromatic carbocycles. The Labute approximate surface area is 234 Å². The van der Waals surface area contributed by atoms with E-state index in [2.05, 4.69) is 9.88 Å². The lowest BCUT2D eigenvalue weighted by molar-refractivity contribution is -0.137. The van der Waals surface area contributed by atoms with Crippen molar-refractivity contribution in [3.8, 4) is 17.4 Å². The Morgan fingerprint density at radius 2 is 1.82 bits per heavy atom. The lowest BCUT2D eigenvalue weighted by atomic mass is 9.60. The van der Waals surface area contributed by atoms with Gasteiger partial charge in [0.15, 0.2) is 0 Å². The highest BCUT2D eigenvalue weighted by Gasteiger charge is 2.50. The number of hydrogen-bond acceptors (Lipinski definition) is 6. The third kappa shape index (κ3) is 5.26. The third-order valence-electron chi connectivity index (χ3n) is 8.34. The summed E-state index contributed by atoms with van der Waals surface area (Å²) < 4.78 is 58.0. The maximum absolute atomic E-state index is 13.1. The van der Waals surface area contributed by atoms with Gasteiger partial charge in [0.1, 0.15) is 17.3 Å². The largest absolute Gasteiger partial charge is 0.477 e. The maximum atomic E-state index is 13.1. The molecule has 1 spiro atoms. The molecule has 6 rings (SSSR count). The van der Waals surface area contributed by atoms with Crippen molar-refractivity contribution in [2.75, 3.05) is 25.2 Å². The van der Waals surface area contributed by atoms with E-state index in [1.165, 1.54) is 6.07 Å². The molecule has 1 atom stereocenters. The van der Waals surface area contributed by atoms with Crippen molar-refractivity contribution >= 4 is 17.4 Å². The van der Waals surface area contributed by atoms with Crippen LogP contribution < -0.4 is 20.1 Å². The molecule has 1 aromatic heterocycles. The van der Waals surface area contributed by atoms with Gasteiger partial charge in [-0.2, -0.15) is 18.2 Å². The Kier molecular flexibility index (Phi) is 6.94. The van der Waals surface area contributed by atoms with E-state index in [4.69, 9.17) is 25.8 Å². The number of halogens is 4. The number of nitrogens with zero attached hydrogens (tertiary/aromatic N) is 3. The van der Waals surface area contributed by atoms with Crippen LogP contribution in [0.15, 0.2) is 53.3 Å². The molecule has 0 N–H and O–H groups in total. The number of methoxy groups -OCH3 is 1. The Balaban J connectivity index is 1.04. The number of benzene rings is 2. The molecule has 2 fully saturated rings. The number of anilines is 1. The van der Waals surface area contributed by atoms with E-state index in [-0.39, 0.29) is 16.5 Å². The first-order chi connectivity index (χ1) is 19.1. The fourth-order valence-corrected chi connectivity index (χ4v) is 6.47. The molecule has 2 aliphatic heterocycles. The highest BCUT2D eigenvalue weighted by molar-refractivity contribution is 6.31. The normalized spacial score (nSPS) is 23.5. The number of alkyl halides is 3. The zero-order valence-corrected chi connectivity index (χ0v) is 22.7. The van der Waals surface area contributed by atoms with E-state index < -0.39 is 11.7 Å². The molecule has 3 aliphatic rings. The summed E-state index contributed by atoms with van der Waals surface area (Å²) in [6.45, 7) is 1.88. The number of piperidine rings is 1. The summed E-state index contributed by atoms with van der Waals surface area (Å²) in [4.78, 5) is 19.2. The number of hydrogen-bond donors (Lipinski definition) is 0. The molecule has 1 aliphatic carbocycles. The summed E-state index contributed by atoms with van der Waals surface area (Å²) >= 11 is 5.67. The van der Waals surface area contributed by atoms with Crippen LogP contribution in [0.4, 0.5) is 19.0 Å².